The lowest BCUT2D eigenvalue weighted by molar-refractivity contribution is -0.699. The van der Waals surface area contributed by atoms with E-state index in [1.54, 1.807) is 6.08 Å². The number of oxime groups is 1. The molecule has 4 atom stereocenters. The number of β-lactam (4-membered cyclic amide) rings is 1. The number of carbonyl (C=O) groups is 4. The van der Waals surface area contributed by atoms with Crippen LogP contribution in [0.5, 0.6) is 0 Å². The van der Waals surface area contributed by atoms with E-state index >= 15 is 0 Å². The number of carboxylic acids is 1. The van der Waals surface area contributed by atoms with Crippen molar-refractivity contribution in [3.05, 3.63) is 59.3 Å². The Hall–Kier alpha value is -4.35. The van der Waals surface area contributed by atoms with Gasteiger partial charge in [-0.3, -0.25) is 19.3 Å². The van der Waals surface area contributed by atoms with Crippen molar-refractivity contribution >= 4 is 57.8 Å². The molecule has 6 N–H and O–H groups in total. The molecule has 4 aliphatic heterocycles. The number of carbonyl (C=O) groups excluding carboxylic acids is 3. The molecule has 224 valence electrons. The highest BCUT2D eigenvalue weighted by Gasteiger charge is 2.54. The van der Waals surface area contributed by atoms with Crippen LogP contribution in [-0.2, 0) is 25.7 Å². The molecule has 43 heavy (non-hydrogen) atoms. The average molecular weight is 627 g/mol. The minimum atomic E-state index is -1.31. The third kappa shape index (κ3) is 5.46. The number of likely N-dealkylation sites (tertiary alicyclic amines) is 1. The summed E-state index contributed by atoms with van der Waals surface area (Å²) in [4.78, 5) is 58.3. The first-order chi connectivity index (χ1) is 20.7. The zero-order valence-corrected chi connectivity index (χ0v) is 24.3. The molecule has 6 heterocycles. The number of hydrogen-bond acceptors (Lipinski definition) is 12. The smallest absolute Gasteiger partial charge is 0.352 e. The molecule has 15 nitrogen and oxygen atoms in total. The van der Waals surface area contributed by atoms with Crippen molar-refractivity contribution in [3.8, 4) is 0 Å². The number of aromatic nitrogens is 3. The number of rotatable bonds is 8. The number of thioether (sulfide) groups is 1. The number of fused-ring (bicyclic) bond motifs is 1. The molecule has 2 unspecified atom stereocenters. The molecule has 17 heteroatoms. The molecule has 0 aliphatic carbocycles. The SMILES string of the molecule is Nc1nc(/C(=N/O)C(=O)N[C@@H]2C(=O)N3C(C(=O)O)=C(/C=C4\CCN(C5CNC(C[n+]6ccccc6)C5)C4=O)CS[C@H]23)ns1. The molecule has 0 radical (unpaired) electrons. The van der Waals surface area contributed by atoms with E-state index in [9.17, 15) is 29.5 Å². The normalized spacial score (nSPS) is 26.6. The molecule has 3 fully saturated rings. The first-order valence-electron chi connectivity index (χ1n) is 13.5. The number of allylic oxidation sites excluding steroid dienone is 1. The van der Waals surface area contributed by atoms with E-state index in [0.717, 1.165) is 29.4 Å². The molecule has 0 bridgehead atoms. The van der Waals surface area contributed by atoms with Gasteiger partial charge in [0.15, 0.2) is 24.1 Å². The van der Waals surface area contributed by atoms with Gasteiger partial charge < -0.3 is 31.6 Å². The Morgan fingerprint density at radius 1 is 1.28 bits per heavy atom. The summed E-state index contributed by atoms with van der Waals surface area (Å²) in [5, 5.41) is 27.6. The van der Waals surface area contributed by atoms with Crippen molar-refractivity contribution in [2.45, 2.75) is 42.9 Å². The molecule has 0 saturated carbocycles. The number of aliphatic carboxylic acids is 1. The molecular weight excluding hydrogens is 598 g/mol. The van der Waals surface area contributed by atoms with Gasteiger partial charge in [0.2, 0.25) is 17.4 Å². The van der Waals surface area contributed by atoms with Crippen LogP contribution in [0, 0.1) is 0 Å². The highest BCUT2D eigenvalue weighted by Crippen LogP contribution is 2.41. The van der Waals surface area contributed by atoms with Gasteiger partial charge in [0.05, 0.1) is 6.04 Å². The maximum absolute atomic E-state index is 13.4. The van der Waals surface area contributed by atoms with E-state index in [2.05, 4.69) is 29.7 Å². The maximum atomic E-state index is 13.4. The maximum Gasteiger partial charge on any atom is 0.352 e. The molecular formula is C26H28N9O6S2+. The van der Waals surface area contributed by atoms with Crippen LogP contribution in [0.2, 0.25) is 0 Å². The second-order valence-electron chi connectivity index (χ2n) is 10.4. The van der Waals surface area contributed by atoms with Crippen molar-refractivity contribution < 1.29 is 34.1 Å². The number of amides is 3. The summed E-state index contributed by atoms with van der Waals surface area (Å²) >= 11 is 2.07. The first kappa shape index (κ1) is 28.8. The predicted molar refractivity (Wildman–Crippen MR) is 154 cm³/mol. The third-order valence-corrected chi connectivity index (χ3v) is 9.65. The van der Waals surface area contributed by atoms with Gasteiger partial charge in [0, 0.05) is 54.1 Å². The van der Waals surface area contributed by atoms with Crippen LogP contribution in [0.25, 0.3) is 0 Å². The molecule has 2 aromatic rings. The van der Waals surface area contributed by atoms with E-state index < -0.39 is 34.9 Å². The number of nitrogens with one attached hydrogen (secondary N) is 2. The monoisotopic (exact) mass is 626 g/mol. The van der Waals surface area contributed by atoms with Crippen LogP contribution < -0.4 is 20.9 Å². The minimum absolute atomic E-state index is 0.0374. The summed E-state index contributed by atoms with van der Waals surface area (Å²) < 4.78 is 5.94. The van der Waals surface area contributed by atoms with E-state index in [4.69, 9.17) is 5.73 Å². The fraction of sp³-hybridized carbons (Fsp3) is 0.385. The number of hydrogen-bond donors (Lipinski definition) is 5. The summed E-state index contributed by atoms with van der Waals surface area (Å²) in [6.07, 6.45) is 6.90. The Balaban J connectivity index is 1.13. The quantitative estimate of drug-likeness (QED) is 0.0594. The predicted octanol–water partition coefficient (Wildman–Crippen LogP) is -1.09. The summed E-state index contributed by atoms with van der Waals surface area (Å²) in [7, 11) is 0. The molecule has 4 aliphatic rings. The van der Waals surface area contributed by atoms with Crippen LogP contribution >= 0.6 is 23.3 Å². The first-order valence-corrected chi connectivity index (χ1v) is 15.3. The highest BCUT2D eigenvalue weighted by molar-refractivity contribution is 8.00. The van der Waals surface area contributed by atoms with Crippen molar-refractivity contribution in [2.24, 2.45) is 5.16 Å². The number of pyridine rings is 1. The van der Waals surface area contributed by atoms with Crippen LogP contribution in [0.1, 0.15) is 18.7 Å². The standard InChI is InChI=1S/C26H27N9O6S2/c27-26-30-20(32-43-26)17(31-41)21(36)29-18-23(38)35-19(25(39)40)14(12-42-24(18)35)8-13-4-7-34(22(13)37)16-9-15(28-10-16)11-33-5-2-1-3-6-33/h1-3,5-6,8,15-16,18,24,28H,4,7,9-12H2,(H4-,27,29,30,32,36,39,40,41)/p+1/b13-8+/t15?,16?,18-,24-/m1/s1. The molecule has 2 aromatic heterocycles. The van der Waals surface area contributed by atoms with Gasteiger partial charge >= 0.3 is 5.97 Å². The Kier molecular flexibility index (Phi) is 7.85. The average Bonchev–Trinajstić information content (AvgIpc) is 3.73. The van der Waals surface area contributed by atoms with Crippen LogP contribution in [0.4, 0.5) is 5.13 Å². The fourth-order valence-corrected chi connectivity index (χ4v) is 7.54. The number of nitrogen functional groups attached to an aromatic ring is 1. The second kappa shape index (κ2) is 11.7. The lowest BCUT2D eigenvalue weighted by Gasteiger charge is -2.49. The Labute approximate surface area is 253 Å². The van der Waals surface area contributed by atoms with E-state index in [1.165, 1.54) is 11.8 Å². The van der Waals surface area contributed by atoms with E-state index in [1.807, 2.05) is 35.5 Å². The zero-order valence-electron chi connectivity index (χ0n) is 22.6. The molecule has 6 rings (SSSR count). The van der Waals surface area contributed by atoms with Crippen LogP contribution in [0.3, 0.4) is 0 Å². The van der Waals surface area contributed by atoms with Gasteiger partial charge in [-0.15, -0.1) is 11.8 Å². The number of carboxylic acid groups (broad SMARTS) is 1. The largest absolute Gasteiger partial charge is 0.477 e. The van der Waals surface area contributed by atoms with Crippen molar-refractivity contribution in [1.82, 2.24) is 29.8 Å². The van der Waals surface area contributed by atoms with Crippen LogP contribution in [-0.4, -0.2) is 101 Å². The van der Waals surface area contributed by atoms with Crippen LogP contribution in [0.15, 0.2) is 58.7 Å². The second-order valence-corrected chi connectivity index (χ2v) is 12.3. The molecule has 0 aromatic carbocycles. The van der Waals surface area contributed by atoms with Gasteiger partial charge in [-0.25, -0.2) is 9.36 Å². The third-order valence-electron chi connectivity index (χ3n) is 7.81. The highest BCUT2D eigenvalue weighted by atomic mass is 32.2. The summed E-state index contributed by atoms with van der Waals surface area (Å²) in [5.41, 5.74) is 5.66. The zero-order chi connectivity index (χ0) is 30.2. The van der Waals surface area contributed by atoms with Gasteiger partial charge in [-0.2, -0.15) is 9.36 Å². The summed E-state index contributed by atoms with van der Waals surface area (Å²) in [6, 6.07) is 5.12. The van der Waals surface area contributed by atoms with Gasteiger partial charge in [-0.05, 0) is 24.5 Å². The van der Waals surface area contributed by atoms with Crippen molar-refractivity contribution in [2.75, 3.05) is 24.6 Å². The Bertz CT molecular complexity index is 1580. The lowest BCUT2D eigenvalue weighted by atomic mass is 10.0. The van der Waals surface area contributed by atoms with Crippen molar-refractivity contribution in [3.63, 3.8) is 0 Å². The molecule has 3 amide bonds. The van der Waals surface area contributed by atoms with Gasteiger partial charge in [0.1, 0.15) is 17.1 Å². The molecule has 3 saturated heterocycles. The minimum Gasteiger partial charge on any atom is -0.477 e. The Morgan fingerprint density at radius 2 is 2.07 bits per heavy atom. The number of anilines is 1. The molecule has 0 spiro atoms. The van der Waals surface area contributed by atoms with E-state index in [0.29, 0.717) is 30.7 Å². The Morgan fingerprint density at radius 3 is 2.77 bits per heavy atom. The topological polar surface area (TPSA) is 207 Å². The summed E-state index contributed by atoms with van der Waals surface area (Å²) in [5.74, 6) is -2.96. The number of nitrogens with zero attached hydrogens (tertiary/aromatic N) is 6. The number of nitrogens with two attached hydrogens (primary N) is 1. The van der Waals surface area contributed by atoms with Gasteiger partial charge in [0.25, 0.3) is 11.8 Å². The summed E-state index contributed by atoms with van der Waals surface area (Å²) in [6.45, 7) is 2.02. The van der Waals surface area contributed by atoms with Crippen molar-refractivity contribution in [1.29, 1.82) is 0 Å². The lowest BCUT2D eigenvalue weighted by Crippen LogP contribution is -2.71. The fourth-order valence-electron chi connectivity index (χ4n) is 5.80. The van der Waals surface area contributed by atoms with E-state index in [-0.39, 0.29) is 40.4 Å². The van der Waals surface area contributed by atoms with Gasteiger partial charge in [-0.1, -0.05) is 11.2 Å².